The van der Waals surface area contributed by atoms with E-state index in [0.717, 1.165) is 11.1 Å². The first-order valence-corrected chi connectivity index (χ1v) is 10.5. The Morgan fingerprint density at radius 2 is 1.93 bits per heavy atom. The van der Waals surface area contributed by atoms with Crippen LogP contribution in [0.15, 0.2) is 64.7 Å². The molecule has 0 atom stereocenters. The number of aromatic nitrogens is 4. The standard InChI is InChI=1S/C21H18ClFN4OS/c1-2-26-12-18-19(25-26)20(28)27(11-14-6-8-16(22)9-7-14)21(24-18)29-13-15-4-3-5-17(23)10-15/h3-10,12H,2,11,13H2,1H3. The molecule has 4 rings (SSSR count). The molecule has 0 saturated heterocycles. The van der Waals surface area contributed by atoms with Gasteiger partial charge in [-0.15, -0.1) is 0 Å². The quantitative estimate of drug-likeness (QED) is 0.328. The van der Waals surface area contributed by atoms with Gasteiger partial charge in [0, 0.05) is 17.3 Å². The number of hydrogen-bond donors (Lipinski definition) is 0. The summed E-state index contributed by atoms with van der Waals surface area (Å²) in [6.45, 7) is 2.96. The molecule has 0 amide bonds. The van der Waals surface area contributed by atoms with Crippen LogP contribution in [0.4, 0.5) is 4.39 Å². The van der Waals surface area contributed by atoms with Gasteiger partial charge in [-0.2, -0.15) is 5.10 Å². The van der Waals surface area contributed by atoms with Gasteiger partial charge >= 0.3 is 0 Å². The van der Waals surface area contributed by atoms with Crippen molar-refractivity contribution in [2.45, 2.75) is 30.9 Å². The lowest BCUT2D eigenvalue weighted by Gasteiger charge is -2.12. The number of rotatable bonds is 6. The Labute approximate surface area is 176 Å². The van der Waals surface area contributed by atoms with Crippen molar-refractivity contribution in [2.24, 2.45) is 0 Å². The Morgan fingerprint density at radius 1 is 1.14 bits per heavy atom. The first-order chi connectivity index (χ1) is 14.0. The van der Waals surface area contributed by atoms with E-state index < -0.39 is 0 Å². The van der Waals surface area contributed by atoms with Crippen LogP contribution in [0.2, 0.25) is 5.02 Å². The normalized spacial score (nSPS) is 11.3. The van der Waals surface area contributed by atoms with E-state index in [4.69, 9.17) is 11.6 Å². The van der Waals surface area contributed by atoms with Gasteiger partial charge in [0.1, 0.15) is 11.3 Å². The molecule has 4 aromatic rings. The summed E-state index contributed by atoms with van der Waals surface area (Å²) in [5.41, 5.74) is 2.47. The van der Waals surface area contributed by atoms with E-state index in [0.29, 0.717) is 40.1 Å². The highest BCUT2D eigenvalue weighted by Crippen LogP contribution is 2.23. The summed E-state index contributed by atoms with van der Waals surface area (Å²) in [4.78, 5) is 17.8. The molecule has 0 fully saturated rings. The molecule has 8 heteroatoms. The Bertz CT molecular complexity index is 1220. The average molecular weight is 429 g/mol. The molecule has 2 aromatic heterocycles. The second-order valence-electron chi connectivity index (χ2n) is 6.55. The highest BCUT2D eigenvalue weighted by Gasteiger charge is 2.15. The lowest BCUT2D eigenvalue weighted by Crippen LogP contribution is -2.24. The van der Waals surface area contributed by atoms with Gasteiger partial charge in [-0.05, 0) is 42.3 Å². The molecular weight excluding hydrogens is 411 g/mol. The van der Waals surface area contributed by atoms with Crippen molar-refractivity contribution in [2.75, 3.05) is 0 Å². The smallest absolute Gasteiger partial charge is 0.281 e. The monoisotopic (exact) mass is 428 g/mol. The number of aryl methyl sites for hydroxylation is 1. The van der Waals surface area contributed by atoms with Crippen LogP contribution in [0.1, 0.15) is 18.1 Å². The molecule has 5 nitrogen and oxygen atoms in total. The minimum Gasteiger partial charge on any atom is -0.281 e. The van der Waals surface area contributed by atoms with Gasteiger partial charge < -0.3 is 0 Å². The van der Waals surface area contributed by atoms with E-state index >= 15 is 0 Å². The fraction of sp³-hybridized carbons (Fsp3) is 0.190. The third-order valence-corrected chi connectivity index (χ3v) is 5.77. The zero-order chi connectivity index (χ0) is 20.4. The molecule has 0 radical (unpaired) electrons. The molecule has 0 aliphatic heterocycles. The lowest BCUT2D eigenvalue weighted by molar-refractivity contribution is 0.626. The third-order valence-electron chi connectivity index (χ3n) is 4.47. The van der Waals surface area contributed by atoms with E-state index in [1.165, 1.54) is 23.9 Å². The molecule has 0 spiro atoms. The molecular formula is C21H18ClFN4OS. The van der Waals surface area contributed by atoms with Gasteiger partial charge in [-0.3, -0.25) is 14.0 Å². The van der Waals surface area contributed by atoms with Gasteiger partial charge in [0.25, 0.3) is 5.56 Å². The van der Waals surface area contributed by atoms with Crippen molar-refractivity contribution in [3.8, 4) is 0 Å². The van der Waals surface area contributed by atoms with Gasteiger partial charge in [0.15, 0.2) is 10.7 Å². The number of nitrogens with zero attached hydrogens (tertiary/aromatic N) is 4. The van der Waals surface area contributed by atoms with Gasteiger partial charge in [0.05, 0.1) is 12.7 Å². The summed E-state index contributed by atoms with van der Waals surface area (Å²) in [5, 5.41) is 5.56. The first kappa shape index (κ1) is 19.7. The summed E-state index contributed by atoms with van der Waals surface area (Å²) in [7, 11) is 0. The van der Waals surface area contributed by atoms with Crippen LogP contribution >= 0.6 is 23.4 Å². The van der Waals surface area contributed by atoms with Crippen molar-refractivity contribution in [1.29, 1.82) is 0 Å². The van der Waals surface area contributed by atoms with Crippen LogP contribution in [0.25, 0.3) is 11.0 Å². The Kier molecular flexibility index (Phi) is 5.69. The van der Waals surface area contributed by atoms with Crippen molar-refractivity contribution < 1.29 is 4.39 Å². The minimum atomic E-state index is -0.283. The molecule has 2 aromatic carbocycles. The van der Waals surface area contributed by atoms with Crippen LogP contribution in [0.3, 0.4) is 0 Å². The first-order valence-electron chi connectivity index (χ1n) is 9.13. The summed E-state index contributed by atoms with van der Waals surface area (Å²) in [6, 6.07) is 13.8. The van der Waals surface area contributed by atoms with Crippen molar-refractivity contribution in [1.82, 2.24) is 19.3 Å². The fourth-order valence-corrected chi connectivity index (χ4v) is 4.05. The number of benzene rings is 2. The van der Waals surface area contributed by atoms with Crippen LogP contribution < -0.4 is 5.56 Å². The molecule has 29 heavy (non-hydrogen) atoms. The highest BCUT2D eigenvalue weighted by atomic mass is 35.5. The molecule has 0 aliphatic rings. The third kappa shape index (κ3) is 4.36. The number of thioether (sulfide) groups is 1. The maximum atomic E-state index is 13.5. The zero-order valence-corrected chi connectivity index (χ0v) is 17.3. The lowest BCUT2D eigenvalue weighted by atomic mass is 10.2. The van der Waals surface area contributed by atoms with E-state index in [-0.39, 0.29) is 11.4 Å². The second kappa shape index (κ2) is 8.39. The summed E-state index contributed by atoms with van der Waals surface area (Å²) < 4.78 is 16.8. The Hall–Kier alpha value is -2.64. The van der Waals surface area contributed by atoms with Gasteiger partial charge in [-0.1, -0.05) is 47.6 Å². The van der Waals surface area contributed by atoms with Gasteiger partial charge in [0.2, 0.25) is 0 Å². The molecule has 0 unspecified atom stereocenters. The fourth-order valence-electron chi connectivity index (χ4n) is 2.98. The topological polar surface area (TPSA) is 52.7 Å². The Morgan fingerprint density at radius 3 is 2.66 bits per heavy atom. The maximum Gasteiger partial charge on any atom is 0.282 e. The summed E-state index contributed by atoms with van der Waals surface area (Å²) in [6.07, 6.45) is 1.77. The largest absolute Gasteiger partial charge is 0.282 e. The van der Waals surface area contributed by atoms with Crippen LogP contribution in [-0.2, 0) is 18.8 Å². The number of fused-ring (bicyclic) bond motifs is 1. The van der Waals surface area contributed by atoms with Crippen LogP contribution in [0.5, 0.6) is 0 Å². The van der Waals surface area contributed by atoms with Crippen LogP contribution in [0, 0.1) is 5.82 Å². The van der Waals surface area contributed by atoms with Gasteiger partial charge in [-0.25, -0.2) is 9.37 Å². The minimum absolute atomic E-state index is 0.195. The van der Waals surface area contributed by atoms with E-state index in [1.807, 2.05) is 25.1 Å². The van der Waals surface area contributed by atoms with E-state index in [2.05, 4.69) is 10.1 Å². The molecule has 0 saturated carbocycles. The Balaban J connectivity index is 1.75. The van der Waals surface area contributed by atoms with Crippen LogP contribution in [-0.4, -0.2) is 19.3 Å². The molecule has 148 valence electrons. The van der Waals surface area contributed by atoms with Crippen molar-refractivity contribution in [3.63, 3.8) is 0 Å². The molecule has 0 bridgehead atoms. The number of hydrogen-bond acceptors (Lipinski definition) is 4. The highest BCUT2D eigenvalue weighted by molar-refractivity contribution is 7.98. The average Bonchev–Trinajstić information content (AvgIpc) is 3.14. The predicted molar refractivity (Wildman–Crippen MR) is 114 cm³/mol. The summed E-state index contributed by atoms with van der Waals surface area (Å²) >= 11 is 7.38. The second-order valence-corrected chi connectivity index (χ2v) is 7.93. The maximum absolute atomic E-state index is 13.5. The number of halogens is 2. The SMILES string of the molecule is CCn1cc2nc(SCc3cccc(F)c3)n(Cc3ccc(Cl)cc3)c(=O)c2n1. The molecule has 2 heterocycles. The van der Waals surface area contributed by atoms with E-state index in [9.17, 15) is 9.18 Å². The predicted octanol–water partition coefficient (Wildman–Crippen LogP) is 4.75. The summed E-state index contributed by atoms with van der Waals surface area (Å²) in [5.74, 6) is 0.215. The van der Waals surface area contributed by atoms with Crippen molar-refractivity contribution >= 4 is 34.4 Å². The van der Waals surface area contributed by atoms with E-state index in [1.54, 1.807) is 33.6 Å². The van der Waals surface area contributed by atoms with Crippen molar-refractivity contribution in [3.05, 3.63) is 87.0 Å². The molecule has 0 N–H and O–H groups in total. The zero-order valence-electron chi connectivity index (χ0n) is 15.7. The molecule has 0 aliphatic carbocycles.